The summed E-state index contributed by atoms with van der Waals surface area (Å²) in [5.41, 5.74) is 0. The highest BCUT2D eigenvalue weighted by Crippen LogP contribution is 2.22. The summed E-state index contributed by atoms with van der Waals surface area (Å²) in [6, 6.07) is 4.57. The molecule has 1 aromatic rings. The number of thioether (sulfide) groups is 1. The number of hydrogen-bond donors (Lipinski definition) is 1. The van der Waals surface area contributed by atoms with E-state index in [-0.39, 0.29) is 0 Å². The second-order valence-corrected chi connectivity index (χ2v) is 7.17. The van der Waals surface area contributed by atoms with Crippen molar-refractivity contribution in [2.75, 3.05) is 12.3 Å². The first-order valence-electron chi connectivity index (χ1n) is 5.83. The fourth-order valence-corrected chi connectivity index (χ4v) is 3.82. The van der Waals surface area contributed by atoms with Gasteiger partial charge in [0, 0.05) is 29.6 Å². The van der Waals surface area contributed by atoms with Crippen LogP contribution in [0.5, 0.6) is 0 Å². The van der Waals surface area contributed by atoms with E-state index in [1.54, 1.807) is 11.3 Å². The topological polar surface area (TPSA) is 24.4 Å². The minimum atomic E-state index is 0.534. The molecule has 0 aromatic carbocycles. The van der Waals surface area contributed by atoms with Crippen molar-refractivity contribution in [2.45, 2.75) is 26.3 Å². The predicted molar refractivity (Wildman–Crippen MR) is 79.6 cm³/mol. The molecule has 0 aliphatic carbocycles. The minimum absolute atomic E-state index is 0.534. The zero-order valence-corrected chi connectivity index (χ0v) is 12.5. The van der Waals surface area contributed by atoms with E-state index < -0.39 is 0 Å². The first kappa shape index (κ1) is 13.2. The summed E-state index contributed by atoms with van der Waals surface area (Å²) >= 11 is 9.37. The normalized spacial score (nSPS) is 27.1. The number of amidine groups is 1. The highest BCUT2D eigenvalue weighted by Gasteiger charge is 2.20. The lowest BCUT2D eigenvalue weighted by Crippen LogP contribution is -2.41. The fraction of sp³-hybridized carbons (Fsp3) is 0.583. The van der Waals surface area contributed by atoms with Crippen LogP contribution < -0.4 is 5.32 Å². The third kappa shape index (κ3) is 3.90. The molecular weight excluding hydrogens is 272 g/mol. The molecule has 1 aromatic heterocycles. The summed E-state index contributed by atoms with van der Waals surface area (Å²) in [5.74, 6) is 1.88. The molecule has 0 spiro atoms. The SMILES string of the molecule is CC1CSC(=NCCc2ccc(Cl)s2)NC1C. The van der Waals surface area contributed by atoms with Crippen molar-refractivity contribution in [1.29, 1.82) is 0 Å². The molecule has 94 valence electrons. The molecule has 2 atom stereocenters. The lowest BCUT2D eigenvalue weighted by molar-refractivity contribution is 0.490. The third-order valence-electron chi connectivity index (χ3n) is 2.93. The van der Waals surface area contributed by atoms with E-state index in [9.17, 15) is 0 Å². The van der Waals surface area contributed by atoms with Crippen LogP contribution in [0.3, 0.4) is 0 Å². The summed E-state index contributed by atoms with van der Waals surface area (Å²) < 4.78 is 0.861. The Hall–Kier alpha value is -0.190. The zero-order valence-electron chi connectivity index (χ0n) is 10.1. The molecule has 0 saturated carbocycles. The summed E-state index contributed by atoms with van der Waals surface area (Å²) in [7, 11) is 0. The van der Waals surface area contributed by atoms with E-state index in [4.69, 9.17) is 11.6 Å². The molecular formula is C12H17ClN2S2. The Morgan fingerprint density at radius 3 is 2.94 bits per heavy atom. The van der Waals surface area contributed by atoms with E-state index in [1.807, 2.05) is 17.8 Å². The van der Waals surface area contributed by atoms with Crippen molar-refractivity contribution in [3.63, 3.8) is 0 Å². The maximum atomic E-state index is 5.89. The van der Waals surface area contributed by atoms with Gasteiger partial charge in [-0.3, -0.25) is 4.99 Å². The fourth-order valence-electron chi connectivity index (χ4n) is 1.58. The third-order valence-corrected chi connectivity index (χ3v) is 5.43. The number of rotatable bonds is 3. The lowest BCUT2D eigenvalue weighted by atomic mass is 10.1. The summed E-state index contributed by atoms with van der Waals surface area (Å²) in [6.07, 6.45) is 0.979. The van der Waals surface area contributed by atoms with Crippen molar-refractivity contribution in [2.24, 2.45) is 10.9 Å². The molecule has 2 heterocycles. The molecule has 17 heavy (non-hydrogen) atoms. The zero-order chi connectivity index (χ0) is 12.3. The molecule has 0 bridgehead atoms. The van der Waals surface area contributed by atoms with Crippen LogP contribution in [0.15, 0.2) is 17.1 Å². The molecule has 0 radical (unpaired) electrons. The number of thiophene rings is 1. The van der Waals surface area contributed by atoms with E-state index in [0.717, 1.165) is 34.1 Å². The molecule has 1 saturated heterocycles. The Labute approximate surface area is 116 Å². The van der Waals surface area contributed by atoms with Crippen LogP contribution in [0, 0.1) is 5.92 Å². The number of nitrogens with zero attached hydrogens (tertiary/aromatic N) is 1. The predicted octanol–water partition coefficient (Wildman–Crippen LogP) is 3.66. The van der Waals surface area contributed by atoms with Gasteiger partial charge >= 0.3 is 0 Å². The molecule has 1 aliphatic heterocycles. The lowest BCUT2D eigenvalue weighted by Gasteiger charge is -2.28. The van der Waals surface area contributed by atoms with Gasteiger partial charge in [0.15, 0.2) is 5.17 Å². The van der Waals surface area contributed by atoms with Crippen LogP contribution in [0.25, 0.3) is 0 Å². The van der Waals surface area contributed by atoms with Gasteiger partial charge in [-0.25, -0.2) is 0 Å². The van der Waals surface area contributed by atoms with E-state index in [1.165, 1.54) is 4.88 Å². The molecule has 2 rings (SSSR count). The van der Waals surface area contributed by atoms with Crippen molar-refractivity contribution in [3.05, 3.63) is 21.3 Å². The molecule has 0 amide bonds. The molecule has 5 heteroatoms. The van der Waals surface area contributed by atoms with Crippen molar-refractivity contribution in [1.82, 2.24) is 5.32 Å². The van der Waals surface area contributed by atoms with Gasteiger partial charge in [0.05, 0.1) is 4.34 Å². The Bertz CT molecular complexity index is 403. The Morgan fingerprint density at radius 1 is 1.47 bits per heavy atom. The Morgan fingerprint density at radius 2 is 2.29 bits per heavy atom. The highest BCUT2D eigenvalue weighted by molar-refractivity contribution is 8.13. The van der Waals surface area contributed by atoms with Crippen LogP contribution >= 0.6 is 34.7 Å². The standard InChI is InChI=1S/C12H17ClN2S2/c1-8-7-16-12(15-9(8)2)14-6-5-10-3-4-11(13)17-10/h3-4,8-9H,5-7H2,1-2H3,(H,14,15). The van der Waals surface area contributed by atoms with Gasteiger partial charge in [0.1, 0.15) is 0 Å². The number of hydrogen-bond acceptors (Lipinski definition) is 3. The van der Waals surface area contributed by atoms with Crippen molar-refractivity contribution in [3.8, 4) is 0 Å². The van der Waals surface area contributed by atoms with Crippen LogP contribution in [-0.4, -0.2) is 23.5 Å². The second-order valence-electron chi connectivity index (χ2n) is 4.36. The minimum Gasteiger partial charge on any atom is -0.362 e. The second kappa shape index (κ2) is 6.12. The summed E-state index contributed by atoms with van der Waals surface area (Å²) in [4.78, 5) is 5.91. The maximum absolute atomic E-state index is 5.89. The Kier molecular flexibility index (Phi) is 4.77. The van der Waals surface area contributed by atoms with Crippen LogP contribution in [-0.2, 0) is 6.42 Å². The van der Waals surface area contributed by atoms with Crippen molar-refractivity contribution < 1.29 is 0 Å². The van der Waals surface area contributed by atoms with Gasteiger partial charge in [-0.2, -0.15) is 0 Å². The number of nitrogens with one attached hydrogen (secondary N) is 1. The van der Waals surface area contributed by atoms with Gasteiger partial charge in [0.25, 0.3) is 0 Å². The number of halogens is 1. The van der Waals surface area contributed by atoms with Crippen LogP contribution in [0.4, 0.5) is 0 Å². The Balaban J connectivity index is 1.81. The quantitative estimate of drug-likeness (QED) is 0.918. The summed E-state index contributed by atoms with van der Waals surface area (Å²) in [5, 5.41) is 4.54. The smallest absolute Gasteiger partial charge is 0.156 e. The monoisotopic (exact) mass is 288 g/mol. The first-order valence-corrected chi connectivity index (χ1v) is 8.01. The van der Waals surface area contributed by atoms with E-state index in [0.29, 0.717) is 6.04 Å². The van der Waals surface area contributed by atoms with Gasteiger partial charge in [-0.1, -0.05) is 30.3 Å². The molecule has 2 unspecified atom stereocenters. The molecule has 1 N–H and O–H groups in total. The molecule has 2 nitrogen and oxygen atoms in total. The van der Waals surface area contributed by atoms with E-state index >= 15 is 0 Å². The van der Waals surface area contributed by atoms with Crippen LogP contribution in [0.2, 0.25) is 4.34 Å². The average molecular weight is 289 g/mol. The van der Waals surface area contributed by atoms with Gasteiger partial charge in [-0.05, 0) is 25.0 Å². The number of aliphatic imine (C=N–C) groups is 1. The van der Waals surface area contributed by atoms with Gasteiger partial charge < -0.3 is 5.32 Å². The highest BCUT2D eigenvalue weighted by atomic mass is 35.5. The van der Waals surface area contributed by atoms with E-state index in [2.05, 4.69) is 30.2 Å². The maximum Gasteiger partial charge on any atom is 0.156 e. The van der Waals surface area contributed by atoms with Gasteiger partial charge in [-0.15, -0.1) is 11.3 Å². The molecule has 1 aliphatic rings. The first-order chi connectivity index (χ1) is 8.15. The molecule has 1 fully saturated rings. The van der Waals surface area contributed by atoms with Crippen LogP contribution in [0.1, 0.15) is 18.7 Å². The van der Waals surface area contributed by atoms with Gasteiger partial charge in [0.2, 0.25) is 0 Å². The average Bonchev–Trinajstić information content (AvgIpc) is 2.70. The van der Waals surface area contributed by atoms with Crippen molar-refractivity contribution >= 4 is 39.9 Å². The largest absolute Gasteiger partial charge is 0.362 e. The summed E-state index contributed by atoms with van der Waals surface area (Å²) in [6.45, 7) is 5.33.